The van der Waals surface area contributed by atoms with Gasteiger partial charge < -0.3 is 9.64 Å². The Morgan fingerprint density at radius 2 is 2.13 bits per heavy atom. The highest BCUT2D eigenvalue weighted by Crippen LogP contribution is 2.34. The zero-order valence-electron chi connectivity index (χ0n) is 13.0. The van der Waals surface area contributed by atoms with Crippen LogP contribution in [-0.4, -0.2) is 28.9 Å². The molecule has 1 aliphatic rings. The Kier molecular flexibility index (Phi) is 5.15. The molecule has 1 aliphatic heterocycles. The molecule has 0 bridgehead atoms. The van der Waals surface area contributed by atoms with Gasteiger partial charge in [0, 0.05) is 22.5 Å². The second-order valence-corrected chi connectivity index (χ2v) is 7.18. The molecule has 0 saturated carbocycles. The molecule has 4 nitrogen and oxygen atoms in total. The fourth-order valence-corrected chi connectivity index (χ4v) is 3.33. The number of amides is 1. The quantitative estimate of drug-likeness (QED) is 0.707. The summed E-state index contributed by atoms with van der Waals surface area (Å²) in [5.74, 6) is 1.24. The van der Waals surface area contributed by atoms with Crippen molar-refractivity contribution in [3.8, 4) is 5.75 Å². The lowest BCUT2D eigenvalue weighted by Crippen LogP contribution is -2.35. The highest BCUT2D eigenvalue weighted by atomic mass is 127. The van der Waals surface area contributed by atoms with Crippen LogP contribution >= 0.6 is 22.6 Å². The van der Waals surface area contributed by atoms with Crippen molar-refractivity contribution < 1.29 is 9.53 Å². The third kappa shape index (κ3) is 4.02. The highest BCUT2D eigenvalue weighted by Gasteiger charge is 2.34. The zero-order valence-corrected chi connectivity index (χ0v) is 15.1. The van der Waals surface area contributed by atoms with E-state index in [-0.39, 0.29) is 18.6 Å². The van der Waals surface area contributed by atoms with Crippen molar-refractivity contribution in [2.75, 3.05) is 13.2 Å². The largest absolute Gasteiger partial charge is 0.484 e. The summed E-state index contributed by atoms with van der Waals surface area (Å²) in [4.78, 5) is 18.7. The monoisotopic (exact) mass is 422 g/mol. The summed E-state index contributed by atoms with van der Waals surface area (Å²) in [6, 6.07) is 11.8. The number of pyridine rings is 1. The highest BCUT2D eigenvalue weighted by molar-refractivity contribution is 14.1. The Hall–Kier alpha value is -1.63. The summed E-state index contributed by atoms with van der Waals surface area (Å²) < 4.78 is 6.79. The lowest BCUT2D eigenvalue weighted by molar-refractivity contribution is -0.134. The minimum absolute atomic E-state index is 0.0294. The van der Waals surface area contributed by atoms with Crippen molar-refractivity contribution in [3.05, 3.63) is 57.9 Å². The number of aromatic nitrogens is 1. The van der Waals surface area contributed by atoms with Gasteiger partial charge >= 0.3 is 0 Å². The Morgan fingerprint density at radius 3 is 2.83 bits per heavy atom. The molecular formula is C18H19IN2O2. The number of halogens is 1. The van der Waals surface area contributed by atoms with Crippen molar-refractivity contribution >= 4 is 28.5 Å². The maximum Gasteiger partial charge on any atom is 0.261 e. The average Bonchev–Trinajstić information content (AvgIpc) is 2.97. The molecule has 2 aromatic rings. The Bertz CT molecular complexity index is 660. The van der Waals surface area contributed by atoms with E-state index in [0.29, 0.717) is 5.92 Å². The maximum atomic E-state index is 12.6. The fraction of sp³-hybridized carbons (Fsp3) is 0.333. The summed E-state index contributed by atoms with van der Waals surface area (Å²) in [5.41, 5.74) is 1.10. The molecule has 5 heteroatoms. The molecule has 23 heavy (non-hydrogen) atoms. The first-order chi connectivity index (χ1) is 11.1. The van der Waals surface area contributed by atoms with Crippen LogP contribution in [-0.2, 0) is 4.79 Å². The van der Waals surface area contributed by atoms with Crippen LogP contribution in [0.25, 0.3) is 0 Å². The molecular weight excluding hydrogens is 403 g/mol. The van der Waals surface area contributed by atoms with Gasteiger partial charge in [-0.05, 0) is 70.8 Å². The van der Waals surface area contributed by atoms with Gasteiger partial charge in [0.05, 0.1) is 6.04 Å². The van der Waals surface area contributed by atoms with E-state index in [2.05, 4.69) is 34.5 Å². The summed E-state index contributed by atoms with van der Waals surface area (Å²) in [6.07, 6.45) is 4.58. The van der Waals surface area contributed by atoms with E-state index >= 15 is 0 Å². The normalized spacial score (nSPS) is 20.5. The van der Waals surface area contributed by atoms with E-state index in [1.165, 1.54) is 0 Å². The van der Waals surface area contributed by atoms with E-state index in [9.17, 15) is 4.79 Å². The number of hydrogen-bond donors (Lipinski definition) is 0. The summed E-state index contributed by atoms with van der Waals surface area (Å²) in [7, 11) is 0. The van der Waals surface area contributed by atoms with E-state index in [1.807, 2.05) is 47.5 Å². The number of hydrogen-bond acceptors (Lipinski definition) is 3. The standard InChI is InChI=1S/C18H19IN2O2/c1-13-9-17(14-3-2-8-20-10-14)21(11-13)18(22)12-23-16-6-4-15(19)5-7-16/h2-8,10,13,17H,9,11-12H2,1H3/t13-,17+/m0/s1. The Morgan fingerprint density at radius 1 is 1.35 bits per heavy atom. The van der Waals surface area contributed by atoms with Gasteiger partial charge in [-0.25, -0.2) is 0 Å². The van der Waals surface area contributed by atoms with Gasteiger partial charge in [0.2, 0.25) is 0 Å². The molecule has 120 valence electrons. The molecule has 0 radical (unpaired) electrons. The van der Waals surface area contributed by atoms with Crippen LogP contribution < -0.4 is 4.74 Å². The van der Waals surface area contributed by atoms with E-state index in [0.717, 1.165) is 27.8 Å². The fourth-order valence-electron chi connectivity index (χ4n) is 2.97. The van der Waals surface area contributed by atoms with Crippen LogP contribution in [0, 0.1) is 9.49 Å². The number of benzene rings is 1. The second-order valence-electron chi connectivity index (χ2n) is 5.93. The van der Waals surface area contributed by atoms with Crippen molar-refractivity contribution in [2.45, 2.75) is 19.4 Å². The zero-order chi connectivity index (χ0) is 16.2. The molecule has 0 N–H and O–H groups in total. The number of nitrogens with zero attached hydrogens (tertiary/aromatic N) is 2. The molecule has 1 aromatic heterocycles. The molecule has 1 fully saturated rings. The van der Waals surface area contributed by atoms with Crippen molar-refractivity contribution in [2.24, 2.45) is 5.92 Å². The van der Waals surface area contributed by atoms with Crippen LogP contribution in [0.4, 0.5) is 0 Å². The van der Waals surface area contributed by atoms with Gasteiger partial charge in [0.15, 0.2) is 6.61 Å². The number of carbonyl (C=O) groups is 1. The molecule has 0 spiro atoms. The van der Waals surface area contributed by atoms with E-state index in [4.69, 9.17) is 4.74 Å². The van der Waals surface area contributed by atoms with Crippen molar-refractivity contribution in [1.82, 2.24) is 9.88 Å². The predicted octanol–water partition coefficient (Wildman–Crippen LogP) is 3.67. The van der Waals surface area contributed by atoms with Crippen LogP contribution in [0.15, 0.2) is 48.8 Å². The van der Waals surface area contributed by atoms with Gasteiger partial charge in [-0.3, -0.25) is 9.78 Å². The van der Waals surface area contributed by atoms with Gasteiger partial charge in [0.25, 0.3) is 5.91 Å². The van der Waals surface area contributed by atoms with Gasteiger partial charge in [-0.2, -0.15) is 0 Å². The third-order valence-corrected chi connectivity index (χ3v) is 4.79. The molecule has 0 unspecified atom stereocenters. The molecule has 2 atom stereocenters. The summed E-state index contributed by atoms with van der Waals surface area (Å²) in [5, 5.41) is 0. The molecule has 0 aliphatic carbocycles. The lowest BCUT2D eigenvalue weighted by atomic mass is 10.0. The van der Waals surface area contributed by atoms with Crippen LogP contribution in [0.1, 0.15) is 24.9 Å². The first-order valence-corrected chi connectivity index (χ1v) is 8.79. The molecule has 2 heterocycles. The molecule has 3 rings (SSSR count). The van der Waals surface area contributed by atoms with Crippen molar-refractivity contribution in [1.29, 1.82) is 0 Å². The second kappa shape index (κ2) is 7.29. The first-order valence-electron chi connectivity index (χ1n) is 7.71. The summed E-state index contributed by atoms with van der Waals surface area (Å²) >= 11 is 2.24. The maximum absolute atomic E-state index is 12.6. The molecule has 1 amide bonds. The van der Waals surface area contributed by atoms with Gasteiger partial charge in [0.1, 0.15) is 5.75 Å². The predicted molar refractivity (Wildman–Crippen MR) is 97.1 cm³/mol. The van der Waals surface area contributed by atoms with Crippen LogP contribution in [0.2, 0.25) is 0 Å². The number of rotatable bonds is 4. The summed E-state index contributed by atoms with van der Waals surface area (Å²) in [6.45, 7) is 3.02. The number of likely N-dealkylation sites (tertiary alicyclic amines) is 1. The Labute approximate surface area is 150 Å². The van der Waals surface area contributed by atoms with Crippen LogP contribution in [0.5, 0.6) is 5.75 Å². The van der Waals surface area contributed by atoms with Crippen LogP contribution in [0.3, 0.4) is 0 Å². The number of carbonyl (C=O) groups excluding carboxylic acids is 1. The van der Waals surface area contributed by atoms with Crippen molar-refractivity contribution in [3.63, 3.8) is 0 Å². The third-order valence-electron chi connectivity index (χ3n) is 4.08. The molecule has 1 aromatic carbocycles. The minimum atomic E-state index is 0.0294. The van der Waals surface area contributed by atoms with E-state index in [1.54, 1.807) is 6.20 Å². The van der Waals surface area contributed by atoms with Gasteiger partial charge in [-0.1, -0.05) is 13.0 Å². The minimum Gasteiger partial charge on any atom is -0.484 e. The lowest BCUT2D eigenvalue weighted by Gasteiger charge is -2.24. The topological polar surface area (TPSA) is 42.4 Å². The van der Waals surface area contributed by atoms with E-state index < -0.39 is 0 Å². The average molecular weight is 422 g/mol. The smallest absolute Gasteiger partial charge is 0.261 e. The first kappa shape index (κ1) is 16.2. The molecule has 1 saturated heterocycles. The van der Waals surface area contributed by atoms with Gasteiger partial charge in [-0.15, -0.1) is 0 Å². The number of ether oxygens (including phenoxy) is 1. The Balaban J connectivity index is 1.66. The SMILES string of the molecule is C[C@H]1C[C@H](c2cccnc2)N(C(=O)COc2ccc(I)cc2)C1.